The molecule has 1 amide bonds. The molecule has 0 aromatic rings. The average Bonchev–Trinajstić information content (AvgIpc) is 3.56. The summed E-state index contributed by atoms with van der Waals surface area (Å²) >= 11 is 0. The number of hydrogen-bond acceptors (Lipinski definition) is 5. The zero-order valence-corrected chi connectivity index (χ0v) is 55.5. The second-order valence-electron chi connectivity index (χ2n) is 23.5. The minimum atomic E-state index is -4.38. The summed E-state index contributed by atoms with van der Waals surface area (Å²) in [5.41, 5.74) is 0. The third-order valence-electron chi connectivity index (χ3n) is 14.3. The Bertz CT molecular complexity index is 1930. The van der Waals surface area contributed by atoms with Crippen molar-refractivity contribution in [3.63, 3.8) is 0 Å². The molecule has 0 fully saturated rings. The van der Waals surface area contributed by atoms with Crippen molar-refractivity contribution in [1.82, 2.24) is 5.32 Å². The molecule has 3 atom stereocenters. The van der Waals surface area contributed by atoms with E-state index >= 15 is 0 Å². The maximum atomic E-state index is 13.0. The van der Waals surface area contributed by atoms with Crippen LogP contribution in [-0.4, -0.2) is 73.4 Å². The fourth-order valence-electron chi connectivity index (χ4n) is 9.02. The van der Waals surface area contributed by atoms with Crippen LogP contribution in [0.2, 0.25) is 0 Å². The number of rotatable bonds is 60. The van der Waals surface area contributed by atoms with Gasteiger partial charge >= 0.3 is 7.82 Å². The van der Waals surface area contributed by atoms with Gasteiger partial charge in [0.05, 0.1) is 39.9 Å². The third kappa shape index (κ3) is 65.7. The molecule has 0 bridgehead atoms. The molecule has 0 aliphatic heterocycles. The van der Waals surface area contributed by atoms with E-state index in [-0.39, 0.29) is 19.1 Å². The number of phosphoric ester groups is 1. The number of aliphatic hydroxyl groups is 1. The largest absolute Gasteiger partial charge is 0.472 e. The van der Waals surface area contributed by atoms with E-state index in [0.29, 0.717) is 23.9 Å². The molecule has 0 aliphatic carbocycles. The summed E-state index contributed by atoms with van der Waals surface area (Å²) in [6.07, 6.45) is 99.5. The lowest BCUT2D eigenvalue weighted by Crippen LogP contribution is -2.45. The van der Waals surface area contributed by atoms with Crippen LogP contribution in [0.4, 0.5) is 0 Å². The average molecular weight is 1180 g/mol. The second kappa shape index (κ2) is 63.6. The van der Waals surface area contributed by atoms with Gasteiger partial charge in [-0.25, -0.2) is 4.57 Å². The van der Waals surface area contributed by atoms with Crippen molar-refractivity contribution in [1.29, 1.82) is 0 Å². The van der Waals surface area contributed by atoms with Crippen LogP contribution in [-0.2, 0) is 18.4 Å². The van der Waals surface area contributed by atoms with E-state index in [1.807, 2.05) is 27.2 Å². The molecule has 0 aromatic carbocycles. The molecule has 9 heteroatoms. The minimum absolute atomic E-state index is 0.0448. The highest BCUT2D eigenvalue weighted by molar-refractivity contribution is 7.47. The van der Waals surface area contributed by atoms with Gasteiger partial charge in [-0.3, -0.25) is 13.8 Å². The van der Waals surface area contributed by atoms with Crippen molar-refractivity contribution in [3.05, 3.63) is 158 Å². The van der Waals surface area contributed by atoms with E-state index in [1.54, 1.807) is 6.08 Å². The summed E-state index contributed by atoms with van der Waals surface area (Å²) < 4.78 is 23.8. The van der Waals surface area contributed by atoms with Crippen LogP contribution in [0.15, 0.2) is 158 Å². The molecule has 84 heavy (non-hydrogen) atoms. The van der Waals surface area contributed by atoms with Gasteiger partial charge in [-0.15, -0.1) is 0 Å². The van der Waals surface area contributed by atoms with E-state index in [0.717, 1.165) is 109 Å². The lowest BCUT2D eigenvalue weighted by atomic mass is 10.0. The smallest absolute Gasteiger partial charge is 0.387 e. The Kier molecular flexibility index (Phi) is 60.7. The molecule has 478 valence electrons. The van der Waals surface area contributed by atoms with Crippen molar-refractivity contribution in [2.24, 2.45) is 0 Å². The molecule has 3 N–H and O–H groups in total. The van der Waals surface area contributed by atoms with Gasteiger partial charge in [0.2, 0.25) is 5.91 Å². The maximum absolute atomic E-state index is 13.0. The molecular weight excluding hydrogens is 1060 g/mol. The van der Waals surface area contributed by atoms with Crippen LogP contribution >= 0.6 is 7.82 Å². The first-order chi connectivity index (χ1) is 41.0. The molecular formula is C75H128N2O6P+. The molecule has 0 aromatic heterocycles. The van der Waals surface area contributed by atoms with E-state index in [9.17, 15) is 19.4 Å². The van der Waals surface area contributed by atoms with Crippen LogP contribution in [0.5, 0.6) is 0 Å². The quantitative estimate of drug-likeness (QED) is 0.0243. The zero-order valence-electron chi connectivity index (χ0n) is 54.6. The molecule has 0 heterocycles. The van der Waals surface area contributed by atoms with Crippen LogP contribution in [0.1, 0.15) is 258 Å². The Balaban J connectivity index is 4.26. The normalized spacial score (nSPS) is 14.7. The highest BCUT2D eigenvalue weighted by Gasteiger charge is 2.27. The zero-order chi connectivity index (χ0) is 61.2. The highest BCUT2D eigenvalue weighted by Crippen LogP contribution is 2.43. The highest BCUT2D eigenvalue weighted by atomic mass is 31.2. The Morgan fingerprint density at radius 1 is 0.417 bits per heavy atom. The van der Waals surface area contributed by atoms with Gasteiger partial charge in [0, 0.05) is 6.42 Å². The Morgan fingerprint density at radius 2 is 0.714 bits per heavy atom. The summed E-state index contributed by atoms with van der Waals surface area (Å²) in [5, 5.41) is 14.0. The van der Waals surface area contributed by atoms with Gasteiger partial charge in [-0.2, -0.15) is 0 Å². The Hall–Kier alpha value is -3.88. The lowest BCUT2D eigenvalue weighted by Gasteiger charge is -2.25. The van der Waals surface area contributed by atoms with Crippen molar-refractivity contribution in [2.45, 2.75) is 270 Å². The van der Waals surface area contributed by atoms with Gasteiger partial charge in [-0.1, -0.05) is 300 Å². The molecule has 0 rings (SSSR count). The number of carbonyl (C=O) groups is 1. The number of allylic oxidation sites excluding steroid dienone is 25. The Labute approximate surface area is 518 Å². The van der Waals surface area contributed by atoms with Crippen LogP contribution < -0.4 is 5.32 Å². The van der Waals surface area contributed by atoms with Crippen LogP contribution in [0.25, 0.3) is 0 Å². The van der Waals surface area contributed by atoms with Gasteiger partial charge in [0.15, 0.2) is 0 Å². The molecule has 3 unspecified atom stereocenters. The van der Waals surface area contributed by atoms with Crippen LogP contribution in [0, 0.1) is 0 Å². The summed E-state index contributed by atoms with van der Waals surface area (Å²) in [4.78, 5) is 23.4. The van der Waals surface area contributed by atoms with Crippen LogP contribution in [0.3, 0.4) is 0 Å². The van der Waals surface area contributed by atoms with Crippen molar-refractivity contribution in [3.8, 4) is 0 Å². The monoisotopic (exact) mass is 1180 g/mol. The summed E-state index contributed by atoms with van der Waals surface area (Å²) in [6.45, 7) is 4.67. The lowest BCUT2D eigenvalue weighted by molar-refractivity contribution is -0.870. The SMILES string of the molecule is CC/C=C\C/C=C\C/C=C\C/C=C\C/C=C\C/C=C\C/C=C\C/C=C\C/C=C\C/C=C\C/C=C\C/C=C\CCCCC(=O)NC(COP(=O)(O)OCC[N+](C)(C)C)C(O)/C=C/CCCCCCCCCCCCCCCCCCCCCCC. The predicted octanol–water partition coefficient (Wildman–Crippen LogP) is 21.8. The molecule has 0 radical (unpaired) electrons. The number of quaternary nitrogens is 1. The number of aliphatic hydroxyl groups excluding tert-OH is 1. The van der Waals surface area contributed by atoms with E-state index < -0.39 is 20.0 Å². The number of amides is 1. The molecule has 0 aliphatic rings. The number of likely N-dealkylation sites (N-methyl/N-ethyl adjacent to an activating group) is 1. The number of carbonyl (C=O) groups excluding carboxylic acids is 1. The molecule has 0 spiro atoms. The van der Waals surface area contributed by atoms with E-state index in [1.165, 1.54) is 122 Å². The fraction of sp³-hybridized carbons (Fsp3) is 0.640. The summed E-state index contributed by atoms with van der Waals surface area (Å²) in [6, 6.07) is -0.883. The van der Waals surface area contributed by atoms with Gasteiger partial charge in [-0.05, 0) is 109 Å². The number of nitrogens with zero attached hydrogens (tertiary/aromatic N) is 1. The van der Waals surface area contributed by atoms with Crippen molar-refractivity contribution in [2.75, 3.05) is 40.9 Å². The Morgan fingerprint density at radius 3 is 1.05 bits per heavy atom. The molecule has 8 nitrogen and oxygen atoms in total. The predicted molar refractivity (Wildman–Crippen MR) is 368 cm³/mol. The van der Waals surface area contributed by atoms with E-state index in [2.05, 4.69) is 165 Å². The van der Waals surface area contributed by atoms with Gasteiger partial charge in [0.1, 0.15) is 13.2 Å². The van der Waals surface area contributed by atoms with Crippen molar-refractivity contribution >= 4 is 13.7 Å². The maximum Gasteiger partial charge on any atom is 0.472 e. The first-order valence-electron chi connectivity index (χ1n) is 33.9. The minimum Gasteiger partial charge on any atom is -0.387 e. The first kappa shape index (κ1) is 80.1. The van der Waals surface area contributed by atoms with E-state index in [4.69, 9.17) is 9.05 Å². The second-order valence-corrected chi connectivity index (χ2v) is 24.9. The number of phosphoric acid groups is 1. The van der Waals surface area contributed by atoms with Gasteiger partial charge < -0.3 is 19.8 Å². The number of hydrogen-bond donors (Lipinski definition) is 3. The summed E-state index contributed by atoms with van der Waals surface area (Å²) in [7, 11) is 1.52. The third-order valence-corrected chi connectivity index (χ3v) is 15.2. The number of nitrogens with one attached hydrogen (secondary N) is 1. The summed E-state index contributed by atoms with van der Waals surface area (Å²) in [5.74, 6) is -0.223. The fourth-order valence-corrected chi connectivity index (χ4v) is 9.76. The van der Waals surface area contributed by atoms with Crippen molar-refractivity contribution < 1.29 is 32.9 Å². The molecule has 0 saturated heterocycles. The first-order valence-corrected chi connectivity index (χ1v) is 35.4. The standard InChI is InChI=1S/C75H127N2O6P/c1-6-8-10-12-14-16-18-20-22-24-26-28-30-31-32-33-34-35-36-37-38-39-40-41-42-43-44-45-47-49-51-53-55-57-59-61-63-65-67-69-75(79)76-73(72-83-84(80,81)82-71-70-77(3,4)5)74(78)68-66-64-62-60-58-56-54-52-50-48-46-29-27-25-23-21-19-17-15-13-11-9-7-2/h8,10,14,16,20,22,26,28,31-32,34-35,37-38,40-41,43-44,47,49,53,55,59,61,66,68,73-74,78H,6-7,9,11-13,15,17-19,21,23-25,27,29-30,33,36,39,42,45-46,48,50-52,54,56-58,60,62-65,67,69-72H2,1-5H3,(H-,76,79,80,81)/p+1/b10-8-,16-14-,22-20-,28-26-,32-31-,35-34-,38-37-,41-40-,44-43-,49-47-,55-53-,61-59-,68-66+. The van der Waals surface area contributed by atoms with Gasteiger partial charge in [0.25, 0.3) is 0 Å². The number of unbranched alkanes of at least 4 members (excludes halogenated alkanes) is 23. The molecule has 0 saturated carbocycles. The topological polar surface area (TPSA) is 105 Å².